The van der Waals surface area contributed by atoms with E-state index in [1.54, 1.807) is 17.6 Å². The summed E-state index contributed by atoms with van der Waals surface area (Å²) >= 11 is 0. The maximum Gasteiger partial charge on any atom is 0.237 e. The molecule has 0 radical (unpaired) electrons. The minimum atomic E-state index is -0.226. The minimum absolute atomic E-state index is 0.226. The van der Waals surface area contributed by atoms with Gasteiger partial charge >= 0.3 is 0 Å². The molecule has 0 spiro atoms. The number of nitrogens with two attached hydrogens (primary N) is 1. The number of guanidine groups is 1. The first-order valence-electron chi connectivity index (χ1n) is 5.22. The van der Waals surface area contributed by atoms with Gasteiger partial charge in [0.05, 0.1) is 27.5 Å². The Balaban J connectivity index is 3.12. The van der Waals surface area contributed by atoms with Crippen LogP contribution in [-0.4, -0.2) is 38.7 Å². The van der Waals surface area contributed by atoms with Crippen LogP contribution in [0.3, 0.4) is 0 Å². The molecule has 0 unspecified atom stereocenters. The summed E-state index contributed by atoms with van der Waals surface area (Å²) in [5.74, 6) is 1.38. The van der Waals surface area contributed by atoms with Crippen molar-refractivity contribution in [1.29, 1.82) is 0 Å². The monoisotopic (exact) mass is 268 g/mol. The molecule has 0 aliphatic heterocycles. The highest BCUT2D eigenvalue weighted by Gasteiger charge is 2.10. The molecule has 104 valence electrons. The molecule has 0 aromatic heterocycles. The maximum absolute atomic E-state index is 8.44. The van der Waals surface area contributed by atoms with Crippen LogP contribution in [0.4, 0.5) is 0 Å². The van der Waals surface area contributed by atoms with Crippen LogP contribution in [0.2, 0.25) is 0 Å². The average molecular weight is 268 g/mol. The van der Waals surface area contributed by atoms with Gasteiger partial charge in [0.25, 0.3) is 0 Å². The highest BCUT2D eigenvalue weighted by molar-refractivity contribution is 5.86. The Labute approximate surface area is 110 Å². The third-order valence-electron chi connectivity index (χ3n) is 2.21. The first-order valence-corrected chi connectivity index (χ1v) is 5.22. The van der Waals surface area contributed by atoms with Gasteiger partial charge < -0.3 is 19.9 Å². The predicted octanol–water partition coefficient (Wildman–Crippen LogP) is 0.340. The van der Waals surface area contributed by atoms with Gasteiger partial charge in [0.15, 0.2) is 11.5 Å². The van der Waals surface area contributed by atoms with Crippen molar-refractivity contribution in [3.63, 3.8) is 0 Å². The Bertz CT molecular complexity index is 488. The largest absolute Gasteiger partial charge is 0.496 e. The minimum Gasteiger partial charge on any atom is -0.496 e. The molecule has 19 heavy (non-hydrogen) atoms. The second kappa shape index (κ2) is 7.07. The summed E-state index contributed by atoms with van der Waals surface area (Å²) in [4.78, 5) is 0. The third-order valence-corrected chi connectivity index (χ3v) is 2.21. The summed E-state index contributed by atoms with van der Waals surface area (Å²) in [6.07, 6.45) is 1.41. The van der Waals surface area contributed by atoms with Crippen molar-refractivity contribution in [2.24, 2.45) is 15.9 Å². The van der Waals surface area contributed by atoms with Crippen LogP contribution in [0.1, 0.15) is 5.56 Å². The average Bonchev–Trinajstić information content (AvgIpc) is 2.46. The molecule has 0 aliphatic rings. The third kappa shape index (κ3) is 3.75. The Morgan fingerprint density at radius 1 is 1.16 bits per heavy atom. The van der Waals surface area contributed by atoms with Crippen LogP contribution >= 0.6 is 0 Å². The number of rotatable bonds is 5. The van der Waals surface area contributed by atoms with E-state index in [1.807, 2.05) is 0 Å². The molecule has 0 bridgehead atoms. The van der Waals surface area contributed by atoms with Gasteiger partial charge in [0.2, 0.25) is 5.96 Å². The van der Waals surface area contributed by atoms with E-state index in [0.29, 0.717) is 22.8 Å². The lowest BCUT2D eigenvalue weighted by atomic mass is 10.2. The van der Waals surface area contributed by atoms with Gasteiger partial charge in [-0.15, -0.1) is 5.10 Å². The van der Waals surface area contributed by atoms with Gasteiger partial charge in [-0.05, 0) is 6.07 Å². The van der Waals surface area contributed by atoms with Gasteiger partial charge in [-0.2, -0.15) is 5.10 Å². The molecule has 1 rings (SSSR count). The molecule has 1 aromatic carbocycles. The first kappa shape index (κ1) is 14.6. The number of methoxy groups -OCH3 is 3. The van der Waals surface area contributed by atoms with Crippen LogP contribution in [0.25, 0.3) is 0 Å². The Morgan fingerprint density at radius 3 is 2.26 bits per heavy atom. The van der Waals surface area contributed by atoms with Crippen molar-refractivity contribution >= 4 is 12.2 Å². The predicted molar refractivity (Wildman–Crippen MR) is 70.2 cm³/mol. The summed E-state index contributed by atoms with van der Waals surface area (Å²) in [5, 5.41) is 15.6. The molecular formula is C11H16N4O4. The number of ether oxygens (including phenoxy) is 3. The quantitative estimate of drug-likeness (QED) is 0.403. The molecule has 0 atom stereocenters. The van der Waals surface area contributed by atoms with Crippen molar-refractivity contribution in [3.8, 4) is 17.2 Å². The Morgan fingerprint density at radius 2 is 1.74 bits per heavy atom. The molecule has 4 N–H and O–H groups in total. The summed E-state index contributed by atoms with van der Waals surface area (Å²) in [7, 11) is 4.57. The number of benzene rings is 1. The van der Waals surface area contributed by atoms with Crippen molar-refractivity contribution in [1.82, 2.24) is 5.48 Å². The zero-order valence-electron chi connectivity index (χ0n) is 10.9. The van der Waals surface area contributed by atoms with Crippen LogP contribution in [0.15, 0.2) is 22.3 Å². The zero-order chi connectivity index (χ0) is 14.3. The molecule has 0 amide bonds. The van der Waals surface area contributed by atoms with Gasteiger partial charge in [-0.25, -0.2) is 5.48 Å². The van der Waals surface area contributed by atoms with Gasteiger partial charge in [-0.1, -0.05) is 0 Å². The van der Waals surface area contributed by atoms with Crippen molar-refractivity contribution in [3.05, 3.63) is 17.7 Å². The molecule has 8 heteroatoms. The first-order chi connectivity index (χ1) is 9.15. The fourth-order valence-electron chi connectivity index (χ4n) is 1.33. The summed E-state index contributed by atoms with van der Waals surface area (Å²) in [6, 6.07) is 3.34. The maximum atomic E-state index is 8.44. The lowest BCUT2D eigenvalue weighted by Gasteiger charge is -2.11. The van der Waals surface area contributed by atoms with Gasteiger partial charge in [0.1, 0.15) is 5.75 Å². The highest BCUT2D eigenvalue weighted by atomic mass is 16.5. The number of hydrogen-bond acceptors (Lipinski definition) is 6. The normalized spacial score (nSPS) is 11.5. The Hall–Kier alpha value is -2.48. The zero-order valence-corrected chi connectivity index (χ0v) is 10.9. The van der Waals surface area contributed by atoms with E-state index in [0.717, 1.165) is 0 Å². The molecule has 0 aliphatic carbocycles. The number of hydroxylamine groups is 1. The van der Waals surface area contributed by atoms with E-state index in [4.69, 9.17) is 25.2 Å². The van der Waals surface area contributed by atoms with Crippen LogP contribution in [0, 0.1) is 0 Å². The van der Waals surface area contributed by atoms with Gasteiger partial charge in [0, 0.05) is 11.6 Å². The van der Waals surface area contributed by atoms with E-state index >= 15 is 0 Å². The highest BCUT2D eigenvalue weighted by Crippen LogP contribution is 2.33. The van der Waals surface area contributed by atoms with E-state index in [-0.39, 0.29) is 5.96 Å². The second-order valence-corrected chi connectivity index (χ2v) is 3.29. The van der Waals surface area contributed by atoms with E-state index in [9.17, 15) is 0 Å². The number of nitrogens with one attached hydrogen (secondary N) is 1. The SMILES string of the molecule is COc1cc(OC)c(OC)cc1/C=N/N=C(N)NO. The molecule has 0 saturated carbocycles. The molecule has 0 heterocycles. The van der Waals surface area contributed by atoms with E-state index in [1.165, 1.54) is 27.5 Å². The Kier molecular flexibility index (Phi) is 5.42. The molecule has 0 fully saturated rings. The smallest absolute Gasteiger partial charge is 0.237 e. The van der Waals surface area contributed by atoms with Gasteiger partial charge in [-0.3, -0.25) is 5.21 Å². The van der Waals surface area contributed by atoms with E-state index < -0.39 is 0 Å². The summed E-state index contributed by atoms with van der Waals surface area (Å²) in [5.41, 5.74) is 7.49. The van der Waals surface area contributed by atoms with Crippen LogP contribution < -0.4 is 25.4 Å². The topological polar surface area (TPSA) is 111 Å². The lowest BCUT2D eigenvalue weighted by molar-refractivity contribution is 0.232. The van der Waals surface area contributed by atoms with Crippen molar-refractivity contribution < 1.29 is 19.4 Å². The molecule has 1 aromatic rings. The van der Waals surface area contributed by atoms with Crippen molar-refractivity contribution in [2.45, 2.75) is 0 Å². The second-order valence-electron chi connectivity index (χ2n) is 3.29. The summed E-state index contributed by atoms with van der Waals surface area (Å²) in [6.45, 7) is 0. The van der Waals surface area contributed by atoms with Crippen LogP contribution in [0.5, 0.6) is 17.2 Å². The summed E-state index contributed by atoms with van der Waals surface area (Å²) < 4.78 is 15.5. The molecule has 8 nitrogen and oxygen atoms in total. The van der Waals surface area contributed by atoms with E-state index in [2.05, 4.69) is 10.2 Å². The fraction of sp³-hybridized carbons (Fsp3) is 0.273. The van der Waals surface area contributed by atoms with Crippen molar-refractivity contribution in [2.75, 3.05) is 21.3 Å². The van der Waals surface area contributed by atoms with Crippen LogP contribution in [-0.2, 0) is 0 Å². The molecule has 0 saturated heterocycles. The number of hydrogen-bond donors (Lipinski definition) is 3. The fourth-order valence-corrected chi connectivity index (χ4v) is 1.33. The molecular weight excluding hydrogens is 252 g/mol. The lowest BCUT2D eigenvalue weighted by Crippen LogP contribution is -2.27. The standard InChI is InChI=1S/C11H16N4O4/c1-17-8-5-10(19-3)9(18-2)4-7(8)6-13-14-11(12)15-16/h4-6,16H,1-3H3,(H3,12,14,15)/b13-6+. The number of nitrogens with zero attached hydrogens (tertiary/aromatic N) is 2.